The van der Waals surface area contributed by atoms with E-state index in [1.807, 2.05) is 6.20 Å². The Morgan fingerprint density at radius 2 is 2.05 bits per heavy atom. The SMILES string of the molecule is CCC(CO)(CCCn1ccnc1C(C)C)NC(C)C. The minimum absolute atomic E-state index is 0.146. The van der Waals surface area contributed by atoms with Crippen molar-refractivity contribution in [3.63, 3.8) is 0 Å². The van der Waals surface area contributed by atoms with Crippen LogP contribution in [0.15, 0.2) is 12.4 Å². The molecule has 116 valence electrons. The monoisotopic (exact) mass is 281 g/mol. The van der Waals surface area contributed by atoms with Gasteiger partial charge in [0, 0.05) is 36.4 Å². The molecule has 0 amide bonds. The van der Waals surface area contributed by atoms with Gasteiger partial charge in [-0.2, -0.15) is 0 Å². The van der Waals surface area contributed by atoms with Gasteiger partial charge in [0.05, 0.1) is 6.61 Å². The summed E-state index contributed by atoms with van der Waals surface area (Å²) in [6.45, 7) is 11.9. The summed E-state index contributed by atoms with van der Waals surface area (Å²) in [6, 6.07) is 0.390. The second kappa shape index (κ2) is 7.79. The highest BCUT2D eigenvalue weighted by atomic mass is 16.3. The van der Waals surface area contributed by atoms with Crippen LogP contribution in [-0.2, 0) is 6.54 Å². The molecule has 1 atom stereocenters. The lowest BCUT2D eigenvalue weighted by molar-refractivity contribution is 0.134. The smallest absolute Gasteiger partial charge is 0.111 e. The Kier molecular flexibility index (Phi) is 6.69. The number of nitrogens with one attached hydrogen (secondary N) is 1. The average Bonchev–Trinajstić information content (AvgIpc) is 2.85. The van der Waals surface area contributed by atoms with E-state index in [0.29, 0.717) is 12.0 Å². The average molecular weight is 281 g/mol. The van der Waals surface area contributed by atoms with Crippen LogP contribution < -0.4 is 5.32 Å². The van der Waals surface area contributed by atoms with E-state index >= 15 is 0 Å². The number of aliphatic hydroxyl groups excluding tert-OH is 1. The molecule has 0 aliphatic carbocycles. The molecule has 20 heavy (non-hydrogen) atoms. The van der Waals surface area contributed by atoms with Gasteiger partial charge < -0.3 is 15.0 Å². The minimum atomic E-state index is -0.146. The van der Waals surface area contributed by atoms with Gasteiger partial charge >= 0.3 is 0 Å². The summed E-state index contributed by atoms with van der Waals surface area (Å²) in [5, 5.41) is 13.3. The standard InChI is InChI=1S/C16H31N3O/c1-6-16(12-20,18-14(4)5)8-7-10-19-11-9-17-15(19)13(2)3/h9,11,13-14,18,20H,6-8,10,12H2,1-5H3. The van der Waals surface area contributed by atoms with Crippen molar-refractivity contribution in [2.45, 2.75) is 77.9 Å². The molecule has 2 N–H and O–H groups in total. The van der Waals surface area contributed by atoms with Gasteiger partial charge in [-0.05, 0) is 19.3 Å². The summed E-state index contributed by atoms with van der Waals surface area (Å²) >= 11 is 0. The van der Waals surface area contributed by atoms with Crippen molar-refractivity contribution in [3.8, 4) is 0 Å². The van der Waals surface area contributed by atoms with Gasteiger partial charge in [0.1, 0.15) is 5.82 Å². The normalized spacial score (nSPS) is 15.0. The molecule has 0 aliphatic rings. The maximum absolute atomic E-state index is 9.74. The van der Waals surface area contributed by atoms with Crippen molar-refractivity contribution in [1.29, 1.82) is 0 Å². The molecule has 0 aliphatic heterocycles. The van der Waals surface area contributed by atoms with Crippen LogP contribution in [0.4, 0.5) is 0 Å². The summed E-state index contributed by atoms with van der Waals surface area (Å²) in [4.78, 5) is 4.42. The van der Waals surface area contributed by atoms with Crippen molar-refractivity contribution in [2.24, 2.45) is 0 Å². The first-order valence-corrected chi connectivity index (χ1v) is 7.83. The van der Waals surface area contributed by atoms with Crippen molar-refractivity contribution >= 4 is 0 Å². The van der Waals surface area contributed by atoms with Gasteiger partial charge in [-0.25, -0.2) is 4.98 Å². The zero-order chi connectivity index (χ0) is 15.2. The Balaban J connectivity index is 2.58. The third kappa shape index (κ3) is 4.60. The molecular weight excluding hydrogens is 250 g/mol. The van der Waals surface area contributed by atoms with Crippen molar-refractivity contribution in [1.82, 2.24) is 14.9 Å². The molecule has 1 aromatic rings. The molecule has 0 radical (unpaired) electrons. The highest BCUT2D eigenvalue weighted by Gasteiger charge is 2.27. The van der Waals surface area contributed by atoms with Gasteiger partial charge in [-0.3, -0.25) is 0 Å². The summed E-state index contributed by atoms with van der Waals surface area (Å²) in [7, 11) is 0. The van der Waals surface area contributed by atoms with Gasteiger partial charge in [-0.15, -0.1) is 0 Å². The zero-order valence-electron chi connectivity index (χ0n) is 13.7. The van der Waals surface area contributed by atoms with Crippen LogP contribution in [-0.4, -0.2) is 32.8 Å². The molecular formula is C16H31N3O. The quantitative estimate of drug-likeness (QED) is 0.731. The predicted octanol–water partition coefficient (Wildman–Crippen LogP) is 2.93. The molecule has 0 fully saturated rings. The first-order valence-electron chi connectivity index (χ1n) is 7.83. The molecule has 1 heterocycles. The number of nitrogens with zero attached hydrogens (tertiary/aromatic N) is 2. The van der Waals surface area contributed by atoms with E-state index < -0.39 is 0 Å². The molecule has 1 aromatic heterocycles. The summed E-state index contributed by atoms with van der Waals surface area (Å²) in [5.41, 5.74) is -0.146. The molecule has 1 unspecified atom stereocenters. The first-order chi connectivity index (χ1) is 9.44. The fourth-order valence-corrected chi connectivity index (χ4v) is 2.80. The third-order valence-electron chi connectivity index (χ3n) is 3.89. The largest absolute Gasteiger partial charge is 0.394 e. The predicted molar refractivity (Wildman–Crippen MR) is 83.9 cm³/mol. The zero-order valence-corrected chi connectivity index (χ0v) is 13.7. The third-order valence-corrected chi connectivity index (χ3v) is 3.89. The Morgan fingerprint density at radius 1 is 1.35 bits per heavy atom. The highest BCUT2D eigenvalue weighted by Crippen LogP contribution is 2.20. The van der Waals surface area contributed by atoms with E-state index in [9.17, 15) is 5.11 Å². The second-order valence-corrected chi connectivity index (χ2v) is 6.33. The Labute approximate surface area is 123 Å². The topological polar surface area (TPSA) is 50.1 Å². The van der Waals surface area contributed by atoms with Crippen LogP contribution in [0, 0.1) is 0 Å². The molecule has 0 saturated carbocycles. The van der Waals surface area contributed by atoms with Gasteiger partial charge in [0.15, 0.2) is 0 Å². The van der Waals surface area contributed by atoms with Crippen LogP contribution in [0.2, 0.25) is 0 Å². The first kappa shape index (κ1) is 17.2. The molecule has 4 heteroatoms. The Bertz CT molecular complexity index is 381. The van der Waals surface area contributed by atoms with E-state index in [1.54, 1.807) is 0 Å². The maximum atomic E-state index is 9.74. The van der Waals surface area contributed by atoms with E-state index in [0.717, 1.165) is 31.6 Å². The molecule has 0 saturated heterocycles. The lowest BCUT2D eigenvalue weighted by Crippen LogP contribution is -2.51. The molecule has 1 rings (SSSR count). The minimum Gasteiger partial charge on any atom is -0.394 e. The van der Waals surface area contributed by atoms with Crippen LogP contribution in [0.3, 0.4) is 0 Å². The Morgan fingerprint density at radius 3 is 2.55 bits per heavy atom. The number of hydrogen-bond donors (Lipinski definition) is 2. The highest BCUT2D eigenvalue weighted by molar-refractivity contribution is 4.97. The fraction of sp³-hybridized carbons (Fsp3) is 0.812. The number of aliphatic hydroxyl groups is 1. The van der Waals surface area contributed by atoms with E-state index in [-0.39, 0.29) is 12.1 Å². The van der Waals surface area contributed by atoms with Gasteiger partial charge in [-0.1, -0.05) is 34.6 Å². The van der Waals surface area contributed by atoms with Crippen LogP contribution in [0.25, 0.3) is 0 Å². The molecule has 0 aromatic carbocycles. The molecule has 4 nitrogen and oxygen atoms in total. The van der Waals surface area contributed by atoms with Gasteiger partial charge in [0.2, 0.25) is 0 Å². The summed E-state index contributed by atoms with van der Waals surface area (Å²) in [6.07, 6.45) is 6.90. The fourth-order valence-electron chi connectivity index (χ4n) is 2.80. The summed E-state index contributed by atoms with van der Waals surface area (Å²) in [5.74, 6) is 1.60. The van der Waals surface area contributed by atoms with Crippen LogP contribution >= 0.6 is 0 Å². The summed E-state index contributed by atoms with van der Waals surface area (Å²) < 4.78 is 2.23. The van der Waals surface area contributed by atoms with Crippen LogP contribution in [0.5, 0.6) is 0 Å². The van der Waals surface area contributed by atoms with Gasteiger partial charge in [0.25, 0.3) is 0 Å². The number of hydrogen-bond acceptors (Lipinski definition) is 3. The number of aryl methyl sites for hydroxylation is 1. The van der Waals surface area contributed by atoms with E-state index in [2.05, 4.69) is 55.7 Å². The molecule has 0 bridgehead atoms. The van der Waals surface area contributed by atoms with Crippen LogP contribution in [0.1, 0.15) is 65.6 Å². The van der Waals surface area contributed by atoms with Crippen molar-refractivity contribution in [3.05, 3.63) is 18.2 Å². The molecule has 0 spiro atoms. The number of aromatic nitrogens is 2. The second-order valence-electron chi connectivity index (χ2n) is 6.33. The number of rotatable bonds is 9. The van der Waals surface area contributed by atoms with E-state index in [1.165, 1.54) is 0 Å². The lowest BCUT2D eigenvalue weighted by Gasteiger charge is -2.34. The lowest BCUT2D eigenvalue weighted by atomic mass is 9.90. The van der Waals surface area contributed by atoms with Crippen molar-refractivity contribution in [2.75, 3.05) is 6.61 Å². The number of imidazole rings is 1. The Hall–Kier alpha value is -0.870. The maximum Gasteiger partial charge on any atom is 0.111 e. The van der Waals surface area contributed by atoms with E-state index in [4.69, 9.17) is 0 Å². The van der Waals surface area contributed by atoms with Crippen molar-refractivity contribution < 1.29 is 5.11 Å².